The first kappa shape index (κ1) is 19.8. The number of H-pyrrole nitrogens is 1. The molecule has 0 aliphatic carbocycles. The minimum absolute atomic E-state index is 0.124. The third-order valence-corrected chi connectivity index (χ3v) is 7.92. The van der Waals surface area contributed by atoms with Crippen LogP contribution >= 0.6 is 11.3 Å². The number of anilines is 1. The molecular formula is C20H22N4O3S2. The number of rotatable bonds is 5. The molecule has 1 amide bonds. The van der Waals surface area contributed by atoms with Gasteiger partial charge in [0.25, 0.3) is 0 Å². The van der Waals surface area contributed by atoms with Crippen LogP contribution in [-0.2, 0) is 14.8 Å². The summed E-state index contributed by atoms with van der Waals surface area (Å²) in [6.45, 7) is 2.58. The summed E-state index contributed by atoms with van der Waals surface area (Å²) in [4.78, 5) is 13.9. The molecule has 3 aromatic rings. The number of hydrogen-bond acceptors (Lipinski definition) is 5. The first-order chi connectivity index (χ1) is 13.9. The van der Waals surface area contributed by atoms with Crippen molar-refractivity contribution in [1.29, 1.82) is 0 Å². The summed E-state index contributed by atoms with van der Waals surface area (Å²) in [5.74, 6) is 0.121. The Kier molecular flexibility index (Phi) is 5.53. The highest BCUT2D eigenvalue weighted by molar-refractivity contribution is 7.89. The van der Waals surface area contributed by atoms with Crippen LogP contribution < -0.4 is 5.32 Å². The van der Waals surface area contributed by atoms with Gasteiger partial charge in [-0.15, -0.1) is 11.3 Å². The number of benzene rings is 1. The quantitative estimate of drug-likeness (QED) is 0.648. The first-order valence-electron chi connectivity index (χ1n) is 9.40. The number of carbonyl (C=O) groups is 1. The van der Waals surface area contributed by atoms with Gasteiger partial charge in [0.05, 0.1) is 15.5 Å². The number of aromatic nitrogens is 2. The molecule has 4 rings (SSSR count). The Morgan fingerprint density at radius 1 is 1.21 bits per heavy atom. The van der Waals surface area contributed by atoms with Crippen molar-refractivity contribution in [3.8, 4) is 10.6 Å². The molecular weight excluding hydrogens is 408 g/mol. The van der Waals surface area contributed by atoms with E-state index in [1.165, 1.54) is 4.31 Å². The van der Waals surface area contributed by atoms with Crippen LogP contribution in [-0.4, -0.2) is 41.9 Å². The van der Waals surface area contributed by atoms with Crippen LogP contribution in [0, 0.1) is 12.8 Å². The fourth-order valence-electron chi connectivity index (χ4n) is 3.39. The second kappa shape index (κ2) is 8.10. The first-order valence-corrected chi connectivity index (χ1v) is 11.7. The van der Waals surface area contributed by atoms with Crippen LogP contribution in [0.2, 0.25) is 0 Å². The number of piperidine rings is 1. The van der Waals surface area contributed by atoms with E-state index >= 15 is 0 Å². The number of nitrogens with zero attached hydrogens (tertiary/aromatic N) is 2. The fourth-order valence-corrected chi connectivity index (χ4v) is 5.55. The maximum Gasteiger partial charge on any atom is 0.243 e. The lowest BCUT2D eigenvalue weighted by Gasteiger charge is -2.30. The van der Waals surface area contributed by atoms with E-state index in [2.05, 4.69) is 15.5 Å². The molecule has 0 saturated carbocycles. The van der Waals surface area contributed by atoms with Gasteiger partial charge in [0.15, 0.2) is 5.82 Å². The van der Waals surface area contributed by atoms with Gasteiger partial charge in [0, 0.05) is 25.1 Å². The number of sulfonamides is 1. The average Bonchev–Trinajstić information content (AvgIpc) is 3.40. The molecule has 1 aliphatic rings. The molecule has 152 valence electrons. The van der Waals surface area contributed by atoms with E-state index in [1.54, 1.807) is 41.7 Å². The lowest BCUT2D eigenvalue weighted by Crippen LogP contribution is -2.41. The molecule has 0 atom stereocenters. The summed E-state index contributed by atoms with van der Waals surface area (Å²) >= 11 is 1.59. The van der Waals surface area contributed by atoms with Crippen molar-refractivity contribution in [1.82, 2.24) is 14.5 Å². The number of nitrogens with one attached hydrogen (secondary N) is 2. The fraction of sp³-hybridized carbons (Fsp3) is 0.300. The molecule has 1 fully saturated rings. The van der Waals surface area contributed by atoms with Crippen molar-refractivity contribution in [2.24, 2.45) is 5.92 Å². The number of aryl methyl sites for hydroxylation is 1. The van der Waals surface area contributed by atoms with Crippen molar-refractivity contribution >= 4 is 33.1 Å². The molecule has 0 bridgehead atoms. The molecule has 0 unspecified atom stereocenters. The Morgan fingerprint density at radius 3 is 2.59 bits per heavy atom. The van der Waals surface area contributed by atoms with Gasteiger partial charge in [-0.1, -0.05) is 23.8 Å². The number of carbonyl (C=O) groups excluding carboxylic acids is 1. The molecule has 2 N–H and O–H groups in total. The van der Waals surface area contributed by atoms with Crippen molar-refractivity contribution in [3.63, 3.8) is 0 Å². The van der Waals surface area contributed by atoms with Crippen LogP contribution in [0.1, 0.15) is 18.4 Å². The second-order valence-electron chi connectivity index (χ2n) is 7.12. The van der Waals surface area contributed by atoms with Gasteiger partial charge in [-0.05, 0) is 43.3 Å². The van der Waals surface area contributed by atoms with Crippen LogP contribution in [0.4, 0.5) is 5.82 Å². The van der Waals surface area contributed by atoms with Gasteiger partial charge in [-0.3, -0.25) is 9.89 Å². The topological polar surface area (TPSA) is 95.2 Å². The lowest BCUT2D eigenvalue weighted by atomic mass is 9.97. The largest absolute Gasteiger partial charge is 0.309 e. The lowest BCUT2D eigenvalue weighted by molar-refractivity contribution is -0.120. The Labute approximate surface area is 173 Å². The molecule has 7 nitrogen and oxygen atoms in total. The monoisotopic (exact) mass is 430 g/mol. The van der Waals surface area contributed by atoms with Crippen molar-refractivity contribution in [2.75, 3.05) is 18.4 Å². The summed E-state index contributed by atoms with van der Waals surface area (Å²) in [5, 5.41) is 11.9. The molecule has 29 heavy (non-hydrogen) atoms. The number of aromatic amines is 1. The van der Waals surface area contributed by atoms with Crippen molar-refractivity contribution < 1.29 is 13.2 Å². The molecule has 1 saturated heterocycles. The highest BCUT2D eigenvalue weighted by atomic mass is 32.2. The Bertz CT molecular complexity index is 1080. The minimum atomic E-state index is -3.52. The smallest absolute Gasteiger partial charge is 0.243 e. The van der Waals surface area contributed by atoms with Gasteiger partial charge in [0.1, 0.15) is 0 Å². The highest BCUT2D eigenvalue weighted by Crippen LogP contribution is 2.27. The normalized spacial score (nSPS) is 16.0. The third kappa shape index (κ3) is 4.26. The van der Waals surface area contributed by atoms with Gasteiger partial charge in [-0.25, -0.2) is 8.42 Å². The van der Waals surface area contributed by atoms with E-state index < -0.39 is 10.0 Å². The van der Waals surface area contributed by atoms with E-state index in [9.17, 15) is 13.2 Å². The van der Waals surface area contributed by atoms with E-state index in [4.69, 9.17) is 0 Å². The Hall–Kier alpha value is -2.49. The minimum Gasteiger partial charge on any atom is -0.309 e. The summed E-state index contributed by atoms with van der Waals surface area (Å²) in [5.41, 5.74) is 1.87. The van der Waals surface area contributed by atoms with Gasteiger partial charge in [0.2, 0.25) is 15.9 Å². The summed E-state index contributed by atoms with van der Waals surface area (Å²) < 4.78 is 27.1. The zero-order valence-electron chi connectivity index (χ0n) is 16.0. The summed E-state index contributed by atoms with van der Waals surface area (Å²) in [6, 6.07) is 12.6. The summed E-state index contributed by atoms with van der Waals surface area (Å²) in [7, 11) is -3.52. The van der Waals surface area contributed by atoms with Gasteiger partial charge >= 0.3 is 0 Å². The SMILES string of the molecule is Cc1ccc(S(=O)(=O)N2CCC(C(=O)Nc3cc(-c4cccs4)[nH]n3)CC2)cc1. The number of thiophene rings is 1. The van der Waals surface area contributed by atoms with Crippen LogP contribution in [0.15, 0.2) is 52.7 Å². The molecule has 3 heterocycles. The molecule has 9 heteroatoms. The van der Waals surface area contributed by atoms with Crippen molar-refractivity contribution in [3.05, 3.63) is 53.4 Å². The van der Waals surface area contributed by atoms with E-state index in [1.807, 2.05) is 24.4 Å². The molecule has 0 radical (unpaired) electrons. The molecule has 1 aliphatic heterocycles. The van der Waals surface area contributed by atoms with Crippen LogP contribution in [0.3, 0.4) is 0 Å². The number of amides is 1. The predicted octanol–water partition coefficient (Wildman–Crippen LogP) is 3.49. The molecule has 2 aromatic heterocycles. The molecule has 1 aromatic carbocycles. The number of hydrogen-bond donors (Lipinski definition) is 2. The Morgan fingerprint density at radius 2 is 1.93 bits per heavy atom. The van der Waals surface area contributed by atoms with Crippen molar-refractivity contribution in [2.45, 2.75) is 24.7 Å². The maximum absolute atomic E-state index is 12.8. The van der Waals surface area contributed by atoms with Crippen LogP contribution in [0.25, 0.3) is 10.6 Å². The van der Waals surface area contributed by atoms with E-state index in [0.717, 1.165) is 16.1 Å². The van der Waals surface area contributed by atoms with Crippen LogP contribution in [0.5, 0.6) is 0 Å². The Balaban J connectivity index is 1.35. The van der Waals surface area contributed by atoms with E-state index in [-0.39, 0.29) is 11.8 Å². The standard InChI is InChI=1S/C20H22N4O3S2/c1-14-4-6-16(7-5-14)29(26,27)24-10-8-15(9-11-24)20(25)21-19-13-17(22-23-19)18-3-2-12-28-18/h2-7,12-13,15H,8-11H2,1H3,(H2,21,22,23,25). The maximum atomic E-state index is 12.8. The average molecular weight is 431 g/mol. The van der Waals surface area contributed by atoms with Gasteiger partial charge in [-0.2, -0.15) is 9.40 Å². The third-order valence-electron chi connectivity index (χ3n) is 5.10. The summed E-state index contributed by atoms with van der Waals surface area (Å²) in [6.07, 6.45) is 0.970. The molecule has 0 spiro atoms. The van der Waals surface area contributed by atoms with Gasteiger partial charge < -0.3 is 5.32 Å². The second-order valence-corrected chi connectivity index (χ2v) is 10.0. The zero-order valence-corrected chi connectivity index (χ0v) is 17.6. The van der Waals surface area contributed by atoms with E-state index in [0.29, 0.717) is 36.6 Å². The highest BCUT2D eigenvalue weighted by Gasteiger charge is 2.32. The predicted molar refractivity (Wildman–Crippen MR) is 113 cm³/mol. The zero-order chi connectivity index (χ0) is 20.4.